The Balaban J connectivity index is 2.26. The van der Waals surface area contributed by atoms with Gasteiger partial charge >= 0.3 is 0 Å². The Morgan fingerprint density at radius 2 is 2.17 bits per heavy atom. The molecule has 6 heteroatoms. The Morgan fingerprint density at radius 3 is 2.72 bits per heavy atom. The molecule has 1 aliphatic heterocycles. The van der Waals surface area contributed by atoms with Crippen LogP contribution < -0.4 is 10.6 Å². The van der Waals surface area contributed by atoms with Crippen LogP contribution in [0, 0.1) is 10.1 Å². The second-order valence-electron chi connectivity index (χ2n) is 4.80. The van der Waals surface area contributed by atoms with Crippen LogP contribution in [0.15, 0.2) is 18.2 Å². The first kappa shape index (κ1) is 12.6. The van der Waals surface area contributed by atoms with Gasteiger partial charge in [-0.05, 0) is 20.0 Å². The lowest BCUT2D eigenvalue weighted by atomic mass is 10.1. The van der Waals surface area contributed by atoms with E-state index in [9.17, 15) is 10.1 Å². The van der Waals surface area contributed by atoms with Crippen molar-refractivity contribution in [1.29, 1.82) is 0 Å². The highest BCUT2D eigenvalue weighted by Crippen LogP contribution is 2.30. The molecule has 1 heterocycles. The number of nitro groups is 1. The van der Waals surface area contributed by atoms with E-state index in [1.54, 1.807) is 6.07 Å². The van der Waals surface area contributed by atoms with E-state index >= 15 is 0 Å². The van der Waals surface area contributed by atoms with Gasteiger partial charge < -0.3 is 15.5 Å². The van der Waals surface area contributed by atoms with Gasteiger partial charge in [-0.3, -0.25) is 10.1 Å². The average molecular weight is 250 g/mol. The van der Waals surface area contributed by atoms with Gasteiger partial charge in [0.25, 0.3) is 5.69 Å². The van der Waals surface area contributed by atoms with Crippen molar-refractivity contribution < 1.29 is 4.92 Å². The first-order valence-electron chi connectivity index (χ1n) is 5.98. The molecule has 1 unspecified atom stereocenters. The largest absolute Gasteiger partial charge is 0.397 e. The quantitative estimate of drug-likeness (QED) is 0.486. The SMILES string of the molecule is CC1CN(C)CCN1c1ccc([N+](=O)[O-])cc1N. The van der Waals surface area contributed by atoms with Gasteiger partial charge in [0, 0.05) is 37.8 Å². The molecule has 98 valence electrons. The zero-order valence-electron chi connectivity index (χ0n) is 10.7. The summed E-state index contributed by atoms with van der Waals surface area (Å²) < 4.78 is 0. The molecule has 2 N–H and O–H groups in total. The first-order chi connectivity index (χ1) is 8.49. The number of piperazine rings is 1. The van der Waals surface area contributed by atoms with Crippen LogP contribution in [0.3, 0.4) is 0 Å². The number of nitro benzene ring substituents is 1. The molecule has 6 nitrogen and oxygen atoms in total. The third-order valence-corrected chi connectivity index (χ3v) is 3.36. The Labute approximate surface area is 106 Å². The number of non-ortho nitro benzene ring substituents is 1. The maximum Gasteiger partial charge on any atom is 0.271 e. The zero-order valence-corrected chi connectivity index (χ0v) is 10.7. The molecule has 1 aliphatic rings. The second kappa shape index (κ2) is 4.81. The number of hydrogen-bond donors (Lipinski definition) is 1. The fraction of sp³-hybridized carbons (Fsp3) is 0.500. The molecule has 1 fully saturated rings. The fourth-order valence-corrected chi connectivity index (χ4v) is 2.41. The van der Waals surface area contributed by atoms with E-state index in [1.165, 1.54) is 12.1 Å². The molecule has 0 aliphatic carbocycles. The number of nitrogens with zero attached hydrogens (tertiary/aromatic N) is 3. The van der Waals surface area contributed by atoms with E-state index in [1.807, 2.05) is 0 Å². The third-order valence-electron chi connectivity index (χ3n) is 3.36. The highest BCUT2D eigenvalue weighted by molar-refractivity contribution is 5.71. The van der Waals surface area contributed by atoms with Crippen LogP contribution in [0.2, 0.25) is 0 Å². The zero-order chi connectivity index (χ0) is 13.3. The predicted octanol–water partition coefficient (Wildman–Crippen LogP) is 1.32. The lowest BCUT2D eigenvalue weighted by Crippen LogP contribution is -2.50. The molecule has 0 aromatic heterocycles. The summed E-state index contributed by atoms with van der Waals surface area (Å²) in [6.07, 6.45) is 0. The van der Waals surface area contributed by atoms with E-state index in [0.717, 1.165) is 25.3 Å². The summed E-state index contributed by atoms with van der Waals surface area (Å²) in [4.78, 5) is 14.7. The van der Waals surface area contributed by atoms with Crippen molar-refractivity contribution in [3.63, 3.8) is 0 Å². The van der Waals surface area contributed by atoms with Gasteiger partial charge in [0.05, 0.1) is 16.3 Å². The molecule has 1 saturated heterocycles. The van der Waals surface area contributed by atoms with E-state index in [4.69, 9.17) is 5.73 Å². The summed E-state index contributed by atoms with van der Waals surface area (Å²) in [5, 5.41) is 10.7. The fourth-order valence-electron chi connectivity index (χ4n) is 2.41. The highest BCUT2D eigenvalue weighted by atomic mass is 16.6. The molecule has 1 aromatic rings. The first-order valence-corrected chi connectivity index (χ1v) is 5.98. The summed E-state index contributed by atoms with van der Waals surface area (Å²) in [7, 11) is 2.09. The maximum absolute atomic E-state index is 10.7. The Kier molecular flexibility index (Phi) is 3.38. The van der Waals surface area contributed by atoms with Crippen LogP contribution >= 0.6 is 0 Å². The number of anilines is 2. The molecular formula is C12H18N4O2. The van der Waals surface area contributed by atoms with Gasteiger partial charge in [-0.2, -0.15) is 0 Å². The summed E-state index contributed by atoms with van der Waals surface area (Å²) in [6, 6.07) is 5.04. The van der Waals surface area contributed by atoms with Gasteiger partial charge in [0.15, 0.2) is 0 Å². The Hall–Kier alpha value is -1.82. The van der Waals surface area contributed by atoms with E-state index in [2.05, 4.69) is 23.8 Å². The molecule has 0 spiro atoms. The Bertz CT molecular complexity index is 463. The average Bonchev–Trinajstić information content (AvgIpc) is 2.30. The lowest BCUT2D eigenvalue weighted by Gasteiger charge is -2.40. The monoisotopic (exact) mass is 250 g/mol. The van der Waals surface area contributed by atoms with Crippen molar-refractivity contribution in [2.75, 3.05) is 37.3 Å². The summed E-state index contributed by atoms with van der Waals surface area (Å²) in [5.41, 5.74) is 7.33. The van der Waals surface area contributed by atoms with Gasteiger partial charge in [-0.25, -0.2) is 0 Å². The van der Waals surface area contributed by atoms with E-state index < -0.39 is 4.92 Å². The molecule has 0 bridgehead atoms. The minimum atomic E-state index is -0.423. The van der Waals surface area contributed by atoms with Crippen molar-refractivity contribution in [1.82, 2.24) is 4.90 Å². The molecule has 1 aromatic carbocycles. The number of nitrogens with two attached hydrogens (primary N) is 1. The maximum atomic E-state index is 10.7. The topological polar surface area (TPSA) is 75.6 Å². The van der Waals surface area contributed by atoms with E-state index in [-0.39, 0.29) is 5.69 Å². The van der Waals surface area contributed by atoms with Crippen molar-refractivity contribution in [2.45, 2.75) is 13.0 Å². The summed E-state index contributed by atoms with van der Waals surface area (Å²) in [5.74, 6) is 0. The van der Waals surface area contributed by atoms with E-state index in [0.29, 0.717) is 11.7 Å². The van der Waals surface area contributed by atoms with Crippen molar-refractivity contribution in [3.8, 4) is 0 Å². The van der Waals surface area contributed by atoms with Crippen LogP contribution in [0.4, 0.5) is 17.1 Å². The molecule has 0 radical (unpaired) electrons. The summed E-state index contributed by atoms with van der Waals surface area (Å²) >= 11 is 0. The number of benzene rings is 1. The minimum absolute atomic E-state index is 0.0398. The molecule has 0 saturated carbocycles. The number of hydrogen-bond acceptors (Lipinski definition) is 5. The number of rotatable bonds is 2. The van der Waals surface area contributed by atoms with Crippen molar-refractivity contribution >= 4 is 17.1 Å². The number of likely N-dealkylation sites (N-methyl/N-ethyl adjacent to an activating group) is 1. The standard InChI is InChI=1S/C12H18N4O2/c1-9-8-14(2)5-6-15(9)12-4-3-10(16(17)18)7-11(12)13/h3-4,7,9H,5-6,8,13H2,1-2H3. The second-order valence-corrected chi connectivity index (χ2v) is 4.80. The van der Waals surface area contributed by atoms with Crippen LogP contribution in [0.1, 0.15) is 6.92 Å². The lowest BCUT2D eigenvalue weighted by molar-refractivity contribution is -0.384. The predicted molar refractivity (Wildman–Crippen MR) is 71.8 cm³/mol. The molecule has 0 amide bonds. The third kappa shape index (κ3) is 2.38. The Morgan fingerprint density at radius 1 is 1.44 bits per heavy atom. The van der Waals surface area contributed by atoms with Crippen LogP contribution in [-0.4, -0.2) is 42.5 Å². The smallest absolute Gasteiger partial charge is 0.271 e. The van der Waals surface area contributed by atoms with Crippen LogP contribution in [0.25, 0.3) is 0 Å². The molecule has 18 heavy (non-hydrogen) atoms. The molecule has 1 atom stereocenters. The molecular weight excluding hydrogens is 232 g/mol. The van der Waals surface area contributed by atoms with Crippen molar-refractivity contribution in [2.24, 2.45) is 0 Å². The van der Waals surface area contributed by atoms with Gasteiger partial charge in [-0.1, -0.05) is 0 Å². The minimum Gasteiger partial charge on any atom is -0.397 e. The summed E-state index contributed by atoms with van der Waals surface area (Å²) in [6.45, 7) is 4.97. The highest BCUT2D eigenvalue weighted by Gasteiger charge is 2.23. The van der Waals surface area contributed by atoms with Gasteiger partial charge in [0.1, 0.15) is 0 Å². The van der Waals surface area contributed by atoms with Crippen LogP contribution in [-0.2, 0) is 0 Å². The van der Waals surface area contributed by atoms with Crippen LogP contribution in [0.5, 0.6) is 0 Å². The van der Waals surface area contributed by atoms with Crippen molar-refractivity contribution in [3.05, 3.63) is 28.3 Å². The number of nitrogen functional groups attached to an aromatic ring is 1. The normalized spacial score (nSPS) is 21.0. The van der Waals surface area contributed by atoms with Gasteiger partial charge in [0.2, 0.25) is 0 Å². The molecule has 2 rings (SSSR count). The van der Waals surface area contributed by atoms with Gasteiger partial charge in [-0.15, -0.1) is 0 Å².